The Balaban J connectivity index is 1.83. The molecule has 1 fully saturated rings. The molecule has 1 aromatic heterocycles. The number of anilines is 3. The van der Waals surface area contributed by atoms with Gasteiger partial charge in [-0.15, -0.1) is 0 Å². The molecule has 2 aromatic rings. The van der Waals surface area contributed by atoms with Crippen molar-refractivity contribution in [3.05, 3.63) is 40.7 Å². The number of amides is 1. The molecule has 8 heteroatoms. The number of rotatable bonds is 2. The minimum absolute atomic E-state index is 0.223. The van der Waals surface area contributed by atoms with Crippen LogP contribution in [0.15, 0.2) is 18.5 Å². The number of carbonyl (C=O) groups excluding carboxylic acids is 1. The van der Waals surface area contributed by atoms with Crippen LogP contribution in [0.4, 0.5) is 26.1 Å². The molecule has 1 atom stereocenters. The van der Waals surface area contributed by atoms with Crippen molar-refractivity contribution in [1.29, 1.82) is 0 Å². The third-order valence-electron chi connectivity index (χ3n) is 5.65. The average molecular weight is 373 g/mol. The second-order valence-electron chi connectivity index (χ2n) is 7.34. The highest BCUT2D eigenvalue weighted by molar-refractivity contribution is 6.02. The van der Waals surface area contributed by atoms with Gasteiger partial charge in [0.1, 0.15) is 23.5 Å². The summed E-state index contributed by atoms with van der Waals surface area (Å²) in [6, 6.07) is 3.40. The average Bonchev–Trinajstić information content (AvgIpc) is 2.89. The van der Waals surface area contributed by atoms with E-state index in [-0.39, 0.29) is 12.8 Å². The summed E-state index contributed by atoms with van der Waals surface area (Å²) in [7, 11) is 0. The minimum Gasteiger partial charge on any atom is -0.383 e. The van der Waals surface area contributed by atoms with Gasteiger partial charge in [0.15, 0.2) is 0 Å². The number of alkyl halides is 2. The van der Waals surface area contributed by atoms with Gasteiger partial charge in [-0.05, 0) is 49.9 Å². The number of nitrogens with zero attached hydrogens (tertiary/aromatic N) is 2. The zero-order chi connectivity index (χ0) is 19.4. The molecule has 142 valence electrons. The monoisotopic (exact) mass is 373 g/mol. The van der Waals surface area contributed by atoms with Crippen LogP contribution in [-0.2, 0) is 5.54 Å². The molecule has 0 bridgehead atoms. The van der Waals surface area contributed by atoms with Gasteiger partial charge in [-0.2, -0.15) is 0 Å². The molecule has 0 radical (unpaired) electrons. The zero-order valence-corrected chi connectivity index (χ0v) is 15.2. The largest absolute Gasteiger partial charge is 0.383 e. The topological polar surface area (TPSA) is 92.9 Å². The number of aryl methyl sites for hydroxylation is 1. The van der Waals surface area contributed by atoms with E-state index in [2.05, 4.69) is 20.6 Å². The summed E-state index contributed by atoms with van der Waals surface area (Å²) in [6.45, 7) is 3.53. The van der Waals surface area contributed by atoms with Gasteiger partial charge in [0.05, 0.1) is 0 Å². The Labute approximate surface area is 155 Å². The Morgan fingerprint density at radius 2 is 1.93 bits per heavy atom. The predicted molar refractivity (Wildman–Crippen MR) is 98.2 cm³/mol. The summed E-state index contributed by atoms with van der Waals surface area (Å²) in [5.41, 5.74) is 6.79. The summed E-state index contributed by atoms with van der Waals surface area (Å²) in [4.78, 5) is 20.6. The molecule has 1 unspecified atom stereocenters. The normalized spacial score (nSPS) is 23.2. The summed E-state index contributed by atoms with van der Waals surface area (Å²) >= 11 is 0. The van der Waals surface area contributed by atoms with E-state index in [4.69, 9.17) is 5.73 Å². The fourth-order valence-electron chi connectivity index (χ4n) is 4.17. The lowest BCUT2D eigenvalue weighted by molar-refractivity contribution is -0.114. The summed E-state index contributed by atoms with van der Waals surface area (Å²) in [5.74, 6) is -2.58. The predicted octanol–water partition coefficient (Wildman–Crippen LogP) is 3.57. The maximum atomic E-state index is 15.0. The molecule has 1 aliphatic carbocycles. The first-order valence-electron chi connectivity index (χ1n) is 8.95. The highest BCUT2D eigenvalue weighted by Gasteiger charge is 2.61. The molecule has 1 spiro atoms. The molecule has 1 saturated carbocycles. The standard InChI is InChI=1S/C19H21F2N5O/c1-10-7-12(25-16-11(2)15(22)23-9-24-16)8-13-14(10)17(27)26-18(13)5-3-4-6-19(18,20)21/h7-9H,3-6H2,1-2H3,(H,26,27)(H3,22,23,24,25). The first-order valence-corrected chi connectivity index (χ1v) is 8.95. The van der Waals surface area contributed by atoms with Gasteiger partial charge in [-0.3, -0.25) is 4.79 Å². The fraction of sp³-hybridized carbons (Fsp3) is 0.421. The minimum atomic E-state index is -2.99. The second-order valence-corrected chi connectivity index (χ2v) is 7.34. The van der Waals surface area contributed by atoms with Gasteiger partial charge in [-0.1, -0.05) is 6.42 Å². The number of benzene rings is 1. The van der Waals surface area contributed by atoms with Gasteiger partial charge in [-0.25, -0.2) is 18.7 Å². The van der Waals surface area contributed by atoms with Crippen molar-refractivity contribution in [2.45, 2.75) is 51.0 Å². The molecule has 4 N–H and O–H groups in total. The summed E-state index contributed by atoms with van der Waals surface area (Å²) < 4.78 is 29.9. The number of fused-ring (bicyclic) bond motifs is 2. The van der Waals surface area contributed by atoms with Crippen LogP contribution in [0.25, 0.3) is 0 Å². The molecular formula is C19H21F2N5O. The van der Waals surface area contributed by atoms with E-state index in [0.717, 1.165) is 0 Å². The Kier molecular flexibility index (Phi) is 3.83. The third-order valence-corrected chi connectivity index (χ3v) is 5.65. The zero-order valence-electron chi connectivity index (χ0n) is 15.2. The van der Waals surface area contributed by atoms with Crippen LogP contribution in [0.3, 0.4) is 0 Å². The number of nitrogens with two attached hydrogens (primary N) is 1. The highest BCUT2D eigenvalue weighted by Crippen LogP contribution is 2.52. The van der Waals surface area contributed by atoms with E-state index >= 15 is 0 Å². The van der Waals surface area contributed by atoms with Crippen molar-refractivity contribution >= 4 is 23.2 Å². The lowest BCUT2D eigenvalue weighted by Gasteiger charge is -2.41. The van der Waals surface area contributed by atoms with Crippen LogP contribution in [0.5, 0.6) is 0 Å². The van der Waals surface area contributed by atoms with Crippen LogP contribution < -0.4 is 16.4 Å². The van der Waals surface area contributed by atoms with Gasteiger partial charge >= 0.3 is 0 Å². The number of aromatic nitrogens is 2. The Bertz CT molecular complexity index is 946. The Morgan fingerprint density at radius 1 is 1.19 bits per heavy atom. The highest BCUT2D eigenvalue weighted by atomic mass is 19.3. The fourth-order valence-corrected chi connectivity index (χ4v) is 4.17. The van der Waals surface area contributed by atoms with E-state index in [1.54, 1.807) is 26.0 Å². The van der Waals surface area contributed by atoms with E-state index in [1.165, 1.54) is 6.33 Å². The first-order chi connectivity index (χ1) is 12.7. The lowest BCUT2D eigenvalue weighted by atomic mass is 9.74. The SMILES string of the molecule is Cc1cc(Nc2ncnc(N)c2C)cc2c1C(=O)NC21CCCCC1(F)F. The van der Waals surface area contributed by atoms with Gasteiger partial charge in [0.2, 0.25) is 0 Å². The molecular weight excluding hydrogens is 352 g/mol. The van der Waals surface area contributed by atoms with Crippen LogP contribution >= 0.6 is 0 Å². The van der Waals surface area contributed by atoms with Gasteiger partial charge in [0, 0.05) is 23.2 Å². The van der Waals surface area contributed by atoms with Crippen molar-refractivity contribution in [2.24, 2.45) is 0 Å². The summed E-state index contributed by atoms with van der Waals surface area (Å²) in [5, 5.41) is 5.75. The molecule has 1 aromatic carbocycles. The number of hydrogen-bond donors (Lipinski definition) is 3. The lowest BCUT2D eigenvalue weighted by Crippen LogP contribution is -2.55. The molecule has 27 heavy (non-hydrogen) atoms. The van der Waals surface area contributed by atoms with E-state index in [9.17, 15) is 13.6 Å². The van der Waals surface area contributed by atoms with Gasteiger partial charge < -0.3 is 16.4 Å². The van der Waals surface area contributed by atoms with Gasteiger partial charge in [0.25, 0.3) is 11.8 Å². The summed E-state index contributed by atoms with van der Waals surface area (Å²) in [6.07, 6.45) is 2.43. The number of hydrogen-bond acceptors (Lipinski definition) is 5. The maximum absolute atomic E-state index is 15.0. The molecule has 2 aliphatic rings. The van der Waals surface area contributed by atoms with Crippen LogP contribution in [0.1, 0.15) is 52.7 Å². The third kappa shape index (κ3) is 2.54. The molecule has 4 rings (SSSR count). The van der Waals surface area contributed by atoms with Crippen molar-refractivity contribution in [1.82, 2.24) is 15.3 Å². The van der Waals surface area contributed by atoms with Crippen molar-refractivity contribution < 1.29 is 13.6 Å². The number of nitrogens with one attached hydrogen (secondary N) is 2. The number of carbonyl (C=O) groups is 1. The molecule has 1 aliphatic heterocycles. The maximum Gasteiger partial charge on any atom is 0.274 e. The van der Waals surface area contributed by atoms with Crippen LogP contribution in [0.2, 0.25) is 0 Å². The van der Waals surface area contributed by atoms with Crippen molar-refractivity contribution in [2.75, 3.05) is 11.1 Å². The van der Waals surface area contributed by atoms with Crippen molar-refractivity contribution in [3.63, 3.8) is 0 Å². The molecule has 2 heterocycles. The molecule has 1 amide bonds. The van der Waals surface area contributed by atoms with E-state index in [1.807, 2.05) is 0 Å². The molecule has 0 saturated heterocycles. The quantitative estimate of drug-likeness (QED) is 0.748. The second kappa shape index (κ2) is 5.87. The Morgan fingerprint density at radius 3 is 2.67 bits per heavy atom. The van der Waals surface area contributed by atoms with Crippen LogP contribution in [0, 0.1) is 13.8 Å². The van der Waals surface area contributed by atoms with E-state index < -0.39 is 17.4 Å². The molecule has 6 nitrogen and oxygen atoms in total. The smallest absolute Gasteiger partial charge is 0.274 e. The first kappa shape index (κ1) is 17.6. The Hall–Kier alpha value is -2.77. The van der Waals surface area contributed by atoms with E-state index in [0.29, 0.717) is 52.4 Å². The number of halogens is 2. The van der Waals surface area contributed by atoms with Crippen LogP contribution in [-0.4, -0.2) is 21.8 Å². The van der Waals surface area contributed by atoms with Crippen molar-refractivity contribution in [3.8, 4) is 0 Å². The number of nitrogen functional groups attached to an aromatic ring is 1.